The molecule has 1 aromatic heterocycles. The summed E-state index contributed by atoms with van der Waals surface area (Å²) in [5, 5.41) is 15.6. The molecule has 2 heterocycles. The standard InChI is InChI=1S/C32H35FN2OS/c1-5-27-29-16-26(19-37-32-21(3)14-20(2)15-22(32)4)35(18-23-6-8-25(33)9-7-23)30(29)17-28(31(27)36)24-10-12-34-13-11-24/h6-10,14-17,34,36H,5,11-13,18-19H2,1-4H3/i16D. The SMILES string of the molecule is [2H]c1c(CSc2c(C)cc(C)cc2C)n(Cc2ccc(F)cc2)c2cc(C3=CCNCC3)c(O)c(CC)c12. The van der Waals surface area contributed by atoms with Crippen LogP contribution in [0.2, 0.25) is 0 Å². The van der Waals surface area contributed by atoms with Gasteiger partial charge in [-0.15, -0.1) is 11.8 Å². The van der Waals surface area contributed by atoms with E-state index in [1.807, 2.05) is 19.1 Å². The predicted molar refractivity (Wildman–Crippen MR) is 154 cm³/mol. The molecular formula is C32H35FN2OS. The van der Waals surface area contributed by atoms with Crippen LogP contribution >= 0.6 is 11.8 Å². The van der Waals surface area contributed by atoms with E-state index >= 15 is 0 Å². The number of hydrogen-bond acceptors (Lipinski definition) is 3. The first-order valence-electron chi connectivity index (χ1n) is 13.5. The molecule has 0 radical (unpaired) electrons. The Balaban J connectivity index is 1.69. The van der Waals surface area contributed by atoms with E-state index in [0.717, 1.165) is 58.4 Å². The van der Waals surface area contributed by atoms with Crippen molar-refractivity contribution in [1.29, 1.82) is 0 Å². The van der Waals surface area contributed by atoms with Gasteiger partial charge in [0.2, 0.25) is 0 Å². The number of aromatic nitrogens is 1. The van der Waals surface area contributed by atoms with Gasteiger partial charge in [0.15, 0.2) is 0 Å². The summed E-state index contributed by atoms with van der Waals surface area (Å²) in [6.07, 6.45) is 3.64. The van der Waals surface area contributed by atoms with E-state index in [9.17, 15) is 10.9 Å². The number of thioether (sulfide) groups is 1. The number of hydrogen-bond donors (Lipinski definition) is 2. The van der Waals surface area contributed by atoms with Gasteiger partial charge in [-0.3, -0.25) is 0 Å². The van der Waals surface area contributed by atoms with Gasteiger partial charge in [-0.2, -0.15) is 0 Å². The number of nitrogens with one attached hydrogen (secondary N) is 1. The van der Waals surface area contributed by atoms with Crippen LogP contribution in [0.1, 0.15) is 53.8 Å². The normalized spacial score (nSPS) is 14.2. The summed E-state index contributed by atoms with van der Waals surface area (Å²) in [5.41, 5.74) is 9.41. The van der Waals surface area contributed by atoms with Crippen molar-refractivity contribution in [2.45, 2.75) is 57.7 Å². The van der Waals surface area contributed by atoms with E-state index in [1.54, 1.807) is 11.8 Å². The molecule has 1 aliphatic rings. The summed E-state index contributed by atoms with van der Waals surface area (Å²) in [6, 6.07) is 13.6. The number of aryl methyl sites for hydroxylation is 4. The van der Waals surface area contributed by atoms with Gasteiger partial charge in [-0.25, -0.2) is 4.39 Å². The number of rotatable bonds is 7. The Kier molecular flexibility index (Phi) is 7.08. The molecule has 0 unspecified atom stereocenters. The quantitative estimate of drug-likeness (QED) is 0.248. The summed E-state index contributed by atoms with van der Waals surface area (Å²) >= 11 is 1.76. The molecule has 5 heteroatoms. The zero-order chi connectivity index (χ0) is 27.0. The third kappa shape index (κ3) is 5.21. The minimum atomic E-state index is -0.258. The Hall–Kier alpha value is -3.02. The van der Waals surface area contributed by atoms with Gasteiger partial charge < -0.3 is 15.0 Å². The first kappa shape index (κ1) is 24.3. The molecule has 0 amide bonds. The molecule has 37 heavy (non-hydrogen) atoms. The van der Waals surface area contributed by atoms with E-state index in [-0.39, 0.29) is 5.82 Å². The zero-order valence-electron chi connectivity index (χ0n) is 23.0. The van der Waals surface area contributed by atoms with Crippen molar-refractivity contribution in [2.75, 3.05) is 13.1 Å². The third-order valence-electron chi connectivity index (χ3n) is 7.24. The lowest BCUT2D eigenvalue weighted by molar-refractivity contribution is 0.468. The van der Waals surface area contributed by atoms with E-state index in [1.165, 1.54) is 33.7 Å². The van der Waals surface area contributed by atoms with Gasteiger partial charge in [-0.1, -0.05) is 42.8 Å². The van der Waals surface area contributed by atoms with Crippen LogP contribution in [0.4, 0.5) is 4.39 Å². The average Bonchev–Trinajstić information content (AvgIpc) is 3.15. The Morgan fingerprint density at radius 1 is 1.11 bits per heavy atom. The van der Waals surface area contributed by atoms with Gasteiger partial charge in [0.25, 0.3) is 0 Å². The Labute approximate surface area is 224 Å². The van der Waals surface area contributed by atoms with Crippen molar-refractivity contribution in [2.24, 2.45) is 0 Å². The molecule has 0 spiro atoms. The van der Waals surface area contributed by atoms with Gasteiger partial charge in [0.1, 0.15) is 11.6 Å². The number of benzene rings is 3. The summed E-state index contributed by atoms with van der Waals surface area (Å²) in [4.78, 5) is 1.24. The van der Waals surface area contributed by atoms with Crippen molar-refractivity contribution in [3.8, 4) is 5.75 Å². The van der Waals surface area contributed by atoms with Crippen LogP contribution in [0.15, 0.2) is 59.5 Å². The van der Waals surface area contributed by atoms with Crippen molar-refractivity contribution in [3.05, 3.63) is 99.5 Å². The molecule has 0 bridgehead atoms. The van der Waals surface area contributed by atoms with Gasteiger partial charge >= 0.3 is 0 Å². The maximum atomic E-state index is 13.7. The molecule has 0 fully saturated rings. The van der Waals surface area contributed by atoms with Crippen LogP contribution in [-0.4, -0.2) is 22.8 Å². The predicted octanol–water partition coefficient (Wildman–Crippen LogP) is 7.69. The number of phenolic OH excluding ortho intramolecular Hbond substituents is 1. The molecule has 5 rings (SSSR count). The molecule has 4 aromatic rings. The van der Waals surface area contributed by atoms with E-state index in [0.29, 0.717) is 30.5 Å². The monoisotopic (exact) mass is 515 g/mol. The van der Waals surface area contributed by atoms with E-state index in [4.69, 9.17) is 0 Å². The van der Waals surface area contributed by atoms with Gasteiger partial charge in [-0.05, 0) is 86.7 Å². The smallest absolute Gasteiger partial charge is 0.126 e. The maximum Gasteiger partial charge on any atom is 0.126 e. The van der Waals surface area contributed by atoms with Crippen LogP contribution in [-0.2, 0) is 18.7 Å². The highest BCUT2D eigenvalue weighted by Crippen LogP contribution is 2.40. The van der Waals surface area contributed by atoms with Crippen LogP contribution in [0.3, 0.4) is 0 Å². The Morgan fingerprint density at radius 3 is 2.49 bits per heavy atom. The Bertz CT molecular complexity index is 1520. The van der Waals surface area contributed by atoms with Gasteiger partial charge in [0.05, 0.1) is 1.37 Å². The molecule has 3 aromatic carbocycles. The second kappa shape index (κ2) is 10.8. The molecule has 3 nitrogen and oxygen atoms in total. The fourth-order valence-electron chi connectivity index (χ4n) is 5.48. The van der Waals surface area contributed by atoms with Crippen molar-refractivity contribution in [3.63, 3.8) is 0 Å². The van der Waals surface area contributed by atoms with Crippen molar-refractivity contribution >= 4 is 28.2 Å². The number of nitrogens with zero attached hydrogens (tertiary/aromatic N) is 1. The van der Waals surface area contributed by atoms with E-state index in [2.05, 4.69) is 54.9 Å². The average molecular weight is 516 g/mol. The lowest BCUT2D eigenvalue weighted by atomic mass is 9.94. The van der Waals surface area contributed by atoms with Crippen LogP contribution in [0, 0.1) is 26.6 Å². The van der Waals surface area contributed by atoms with Crippen LogP contribution in [0.5, 0.6) is 5.75 Å². The zero-order valence-corrected chi connectivity index (χ0v) is 22.9. The van der Waals surface area contributed by atoms with Crippen molar-refractivity contribution in [1.82, 2.24) is 9.88 Å². The minimum absolute atomic E-state index is 0.258. The number of halogens is 1. The number of aromatic hydroxyl groups is 1. The highest BCUT2D eigenvalue weighted by Gasteiger charge is 2.21. The fraction of sp³-hybridized carbons (Fsp3) is 0.312. The lowest BCUT2D eigenvalue weighted by Gasteiger charge is -2.19. The number of fused-ring (bicyclic) bond motifs is 1. The molecule has 0 saturated carbocycles. The number of phenols is 1. The maximum absolute atomic E-state index is 13.7. The van der Waals surface area contributed by atoms with Crippen molar-refractivity contribution < 1.29 is 10.9 Å². The largest absolute Gasteiger partial charge is 0.507 e. The van der Waals surface area contributed by atoms with E-state index < -0.39 is 0 Å². The molecule has 0 aliphatic carbocycles. The molecule has 2 N–H and O–H groups in total. The summed E-state index contributed by atoms with van der Waals surface area (Å²) in [7, 11) is 0. The molecule has 0 saturated heterocycles. The summed E-state index contributed by atoms with van der Waals surface area (Å²) in [6.45, 7) is 10.6. The lowest BCUT2D eigenvalue weighted by Crippen LogP contribution is -2.20. The molecule has 0 atom stereocenters. The molecule has 192 valence electrons. The van der Waals surface area contributed by atoms with Crippen LogP contribution in [0.25, 0.3) is 16.5 Å². The first-order chi connectivity index (χ1) is 18.3. The summed E-state index contributed by atoms with van der Waals surface area (Å²) < 4.78 is 25.2. The van der Waals surface area contributed by atoms with Crippen LogP contribution < -0.4 is 5.32 Å². The second-order valence-electron chi connectivity index (χ2n) is 9.98. The third-order valence-corrected chi connectivity index (χ3v) is 8.59. The second-order valence-corrected chi connectivity index (χ2v) is 11.0. The molecular weight excluding hydrogens is 479 g/mol. The highest BCUT2D eigenvalue weighted by atomic mass is 32.2. The minimum Gasteiger partial charge on any atom is -0.507 e. The highest BCUT2D eigenvalue weighted by molar-refractivity contribution is 7.98. The molecule has 1 aliphatic heterocycles. The Morgan fingerprint density at radius 2 is 1.84 bits per heavy atom. The summed E-state index contributed by atoms with van der Waals surface area (Å²) in [5.74, 6) is 0.669. The van der Waals surface area contributed by atoms with Gasteiger partial charge in [0, 0.05) is 51.5 Å². The topological polar surface area (TPSA) is 37.2 Å². The first-order valence-corrected chi connectivity index (χ1v) is 14.0. The fourth-order valence-corrected chi connectivity index (χ4v) is 6.56.